The van der Waals surface area contributed by atoms with Gasteiger partial charge in [-0.25, -0.2) is 0 Å². The van der Waals surface area contributed by atoms with Crippen LogP contribution in [0.4, 0.5) is 0 Å². The number of piperidine rings is 1. The number of carbonyl (C=O) groups excluding carboxylic acids is 1. The van der Waals surface area contributed by atoms with Crippen LogP contribution in [0.5, 0.6) is 0 Å². The van der Waals surface area contributed by atoms with Gasteiger partial charge < -0.3 is 16.0 Å². The van der Waals surface area contributed by atoms with Gasteiger partial charge in [-0.1, -0.05) is 37.3 Å². The van der Waals surface area contributed by atoms with Gasteiger partial charge in [0.25, 0.3) is 0 Å². The number of hydrogen-bond donors (Lipinski definition) is 2. The maximum atomic E-state index is 12.3. The molecule has 3 N–H and O–H groups in total. The number of hydrogen-bond acceptors (Lipinski definition) is 3. The highest BCUT2D eigenvalue weighted by Crippen LogP contribution is 2.20. The molecular weight excluding hydrogens is 333 g/mol. The summed E-state index contributed by atoms with van der Waals surface area (Å²) in [5, 5.41) is 3.08. The molecule has 0 spiro atoms. The maximum Gasteiger partial charge on any atom is 0.224 e. The molecule has 4 nitrogen and oxygen atoms in total. The lowest BCUT2D eigenvalue weighted by atomic mass is 9.93. The molecule has 1 saturated heterocycles. The Morgan fingerprint density at radius 3 is 2.39 bits per heavy atom. The summed E-state index contributed by atoms with van der Waals surface area (Å²) in [5.74, 6) is 0.453. The molecule has 2 atom stereocenters. The highest BCUT2D eigenvalue weighted by atomic mass is 35.5. The number of nitrogens with zero attached hydrogens (tertiary/aromatic N) is 1. The van der Waals surface area contributed by atoms with Crippen molar-refractivity contribution >= 4 is 30.7 Å². The van der Waals surface area contributed by atoms with Gasteiger partial charge in [-0.2, -0.15) is 0 Å². The molecule has 2 rings (SSSR count). The summed E-state index contributed by atoms with van der Waals surface area (Å²) in [4.78, 5) is 14.6. The average molecular weight is 362 g/mol. The molecule has 0 bridgehead atoms. The van der Waals surface area contributed by atoms with E-state index < -0.39 is 0 Å². The number of carbonyl (C=O) groups is 1. The lowest BCUT2D eigenvalue weighted by Crippen LogP contribution is -2.40. The van der Waals surface area contributed by atoms with Gasteiger partial charge >= 0.3 is 0 Å². The molecule has 1 fully saturated rings. The van der Waals surface area contributed by atoms with Crippen LogP contribution in [0.2, 0.25) is 0 Å². The van der Waals surface area contributed by atoms with Crippen molar-refractivity contribution in [2.24, 2.45) is 17.6 Å². The van der Waals surface area contributed by atoms with Crippen molar-refractivity contribution in [1.82, 2.24) is 10.2 Å². The van der Waals surface area contributed by atoms with Crippen molar-refractivity contribution in [3.8, 4) is 0 Å². The van der Waals surface area contributed by atoms with E-state index in [2.05, 4.69) is 17.3 Å². The Balaban J connectivity index is 0.00000242. The van der Waals surface area contributed by atoms with Crippen LogP contribution in [-0.4, -0.2) is 37.5 Å². The number of benzene rings is 1. The maximum absolute atomic E-state index is 12.3. The summed E-state index contributed by atoms with van der Waals surface area (Å²) in [5.41, 5.74) is 7.21. The summed E-state index contributed by atoms with van der Waals surface area (Å²) >= 11 is 0. The first-order valence-electron chi connectivity index (χ1n) is 7.84. The Morgan fingerprint density at radius 1 is 1.26 bits per heavy atom. The lowest BCUT2D eigenvalue weighted by molar-refractivity contribution is -0.125. The summed E-state index contributed by atoms with van der Waals surface area (Å²) in [6.07, 6.45) is 2.33. The smallest absolute Gasteiger partial charge is 0.224 e. The average Bonchev–Trinajstić information content (AvgIpc) is 2.53. The fourth-order valence-electron chi connectivity index (χ4n) is 2.80. The van der Waals surface area contributed by atoms with Crippen molar-refractivity contribution in [3.05, 3.63) is 35.9 Å². The lowest BCUT2D eigenvalue weighted by Gasteiger charge is -2.29. The van der Waals surface area contributed by atoms with Crippen molar-refractivity contribution in [1.29, 1.82) is 0 Å². The molecule has 1 heterocycles. The Hall–Kier alpha value is -0.810. The van der Waals surface area contributed by atoms with Crippen LogP contribution >= 0.6 is 24.8 Å². The fraction of sp³-hybridized carbons (Fsp3) is 0.588. The number of nitrogens with one attached hydrogen (secondary N) is 1. The van der Waals surface area contributed by atoms with Crippen molar-refractivity contribution in [3.63, 3.8) is 0 Å². The highest BCUT2D eigenvalue weighted by molar-refractivity contribution is 5.85. The zero-order valence-corrected chi connectivity index (χ0v) is 15.5. The molecule has 6 heteroatoms. The molecule has 1 aliphatic rings. The van der Waals surface area contributed by atoms with Crippen LogP contribution in [-0.2, 0) is 4.79 Å². The number of likely N-dealkylation sites (tertiary alicyclic amines) is 1. The molecule has 1 amide bonds. The highest BCUT2D eigenvalue weighted by Gasteiger charge is 2.23. The molecule has 0 saturated carbocycles. The van der Waals surface area contributed by atoms with E-state index in [0.717, 1.165) is 38.0 Å². The van der Waals surface area contributed by atoms with Gasteiger partial charge in [0.1, 0.15) is 0 Å². The van der Waals surface area contributed by atoms with Crippen LogP contribution in [0, 0.1) is 11.8 Å². The summed E-state index contributed by atoms with van der Waals surface area (Å²) in [6, 6.07) is 9.58. The standard InChI is InChI=1S/C17H27N3O.2ClH/c1-13(16(18)15-6-4-3-5-7-15)17(21)19-12-14-8-10-20(2)11-9-14;;/h3-7,13-14,16H,8-12,18H2,1-2H3,(H,19,21);2*1H. The molecule has 1 aromatic rings. The van der Waals surface area contributed by atoms with Gasteiger partial charge in [0.15, 0.2) is 0 Å². The van der Waals surface area contributed by atoms with Gasteiger partial charge in [0.05, 0.1) is 5.92 Å². The molecule has 2 unspecified atom stereocenters. The summed E-state index contributed by atoms with van der Waals surface area (Å²) in [6.45, 7) is 4.93. The molecule has 23 heavy (non-hydrogen) atoms. The minimum absolute atomic E-state index is 0. The van der Waals surface area contributed by atoms with Crippen LogP contribution in [0.3, 0.4) is 0 Å². The largest absolute Gasteiger partial charge is 0.356 e. The first-order chi connectivity index (χ1) is 10.1. The number of amides is 1. The van der Waals surface area contributed by atoms with E-state index in [1.165, 1.54) is 0 Å². The third-order valence-corrected chi connectivity index (χ3v) is 4.54. The van der Waals surface area contributed by atoms with Crippen LogP contribution in [0.1, 0.15) is 31.4 Å². The molecule has 132 valence electrons. The third kappa shape index (κ3) is 6.68. The van der Waals surface area contributed by atoms with Gasteiger partial charge in [-0.15, -0.1) is 24.8 Å². The molecule has 1 aliphatic heterocycles. The SMILES string of the molecule is CC(C(=O)NCC1CCN(C)CC1)C(N)c1ccccc1.Cl.Cl. The Kier molecular flexibility index (Phi) is 10.5. The molecule has 0 aromatic heterocycles. The minimum atomic E-state index is -0.247. The topological polar surface area (TPSA) is 58.4 Å². The normalized spacial score (nSPS) is 18.2. The van der Waals surface area contributed by atoms with Crippen molar-refractivity contribution in [2.75, 3.05) is 26.7 Å². The predicted octanol–water partition coefficient (Wildman–Crippen LogP) is 2.62. The second-order valence-corrected chi connectivity index (χ2v) is 6.22. The molecule has 0 radical (unpaired) electrons. The van der Waals surface area contributed by atoms with E-state index in [1.54, 1.807) is 0 Å². The summed E-state index contributed by atoms with van der Waals surface area (Å²) < 4.78 is 0. The number of rotatable bonds is 5. The zero-order chi connectivity index (χ0) is 15.2. The van der Waals surface area contributed by atoms with Crippen LogP contribution in [0.25, 0.3) is 0 Å². The number of halogens is 2. The van der Waals surface area contributed by atoms with E-state index in [9.17, 15) is 4.79 Å². The third-order valence-electron chi connectivity index (χ3n) is 4.54. The van der Waals surface area contributed by atoms with Crippen molar-refractivity contribution < 1.29 is 4.79 Å². The van der Waals surface area contributed by atoms with Gasteiger partial charge in [0, 0.05) is 12.6 Å². The van der Waals surface area contributed by atoms with Gasteiger partial charge in [-0.3, -0.25) is 4.79 Å². The summed E-state index contributed by atoms with van der Waals surface area (Å²) in [7, 11) is 2.15. The van der Waals surface area contributed by atoms with E-state index in [-0.39, 0.29) is 42.7 Å². The molecular formula is C17H29Cl2N3O. The Morgan fingerprint density at radius 2 is 1.83 bits per heavy atom. The first kappa shape index (κ1) is 22.2. The minimum Gasteiger partial charge on any atom is -0.356 e. The quantitative estimate of drug-likeness (QED) is 0.847. The number of nitrogens with two attached hydrogens (primary N) is 1. The first-order valence-corrected chi connectivity index (χ1v) is 7.84. The monoisotopic (exact) mass is 361 g/mol. The van der Waals surface area contributed by atoms with E-state index >= 15 is 0 Å². The van der Waals surface area contributed by atoms with Gasteiger partial charge in [0.2, 0.25) is 5.91 Å². The fourth-order valence-corrected chi connectivity index (χ4v) is 2.80. The second-order valence-electron chi connectivity index (χ2n) is 6.22. The van der Waals surface area contributed by atoms with E-state index in [4.69, 9.17) is 5.73 Å². The van der Waals surface area contributed by atoms with E-state index in [1.807, 2.05) is 37.3 Å². The zero-order valence-electron chi connectivity index (χ0n) is 13.9. The molecule has 1 aromatic carbocycles. The Bertz CT molecular complexity index is 450. The van der Waals surface area contributed by atoms with Crippen molar-refractivity contribution in [2.45, 2.75) is 25.8 Å². The van der Waals surface area contributed by atoms with Gasteiger partial charge in [-0.05, 0) is 44.5 Å². The Labute approximate surface area is 152 Å². The van der Waals surface area contributed by atoms with E-state index in [0.29, 0.717) is 5.92 Å². The van der Waals surface area contributed by atoms with Crippen LogP contribution < -0.4 is 11.1 Å². The van der Waals surface area contributed by atoms with Crippen LogP contribution in [0.15, 0.2) is 30.3 Å². The predicted molar refractivity (Wildman–Crippen MR) is 100 cm³/mol. The second kappa shape index (κ2) is 10.9. The molecule has 0 aliphatic carbocycles.